The van der Waals surface area contributed by atoms with Crippen molar-refractivity contribution in [3.05, 3.63) is 0 Å². The van der Waals surface area contributed by atoms with E-state index >= 15 is 0 Å². The van der Waals surface area contributed by atoms with Gasteiger partial charge in [-0.3, -0.25) is 0 Å². The lowest BCUT2D eigenvalue weighted by Gasteiger charge is -2.36. The van der Waals surface area contributed by atoms with Gasteiger partial charge >= 0.3 is 12.0 Å². The Morgan fingerprint density at radius 3 is 2.79 bits per heavy atom. The maximum atomic E-state index is 12.1. The molecule has 0 aromatic rings. The van der Waals surface area contributed by atoms with Crippen LogP contribution in [0.3, 0.4) is 0 Å². The van der Waals surface area contributed by atoms with Crippen molar-refractivity contribution in [3.63, 3.8) is 0 Å². The summed E-state index contributed by atoms with van der Waals surface area (Å²) in [6.45, 7) is 3.10. The van der Waals surface area contributed by atoms with Crippen LogP contribution in [0.2, 0.25) is 0 Å². The number of aliphatic carboxylic acids is 1. The van der Waals surface area contributed by atoms with E-state index in [1.807, 2.05) is 0 Å². The molecule has 2 saturated heterocycles. The molecule has 2 rings (SSSR count). The number of nitrogens with zero attached hydrogens (tertiary/aromatic N) is 2. The highest BCUT2D eigenvalue weighted by Gasteiger charge is 2.35. The normalized spacial score (nSPS) is 32.3. The molecule has 108 valence electrons. The molecule has 0 radical (unpaired) electrons. The van der Waals surface area contributed by atoms with Crippen molar-refractivity contribution in [2.75, 3.05) is 25.2 Å². The second kappa shape index (κ2) is 6.00. The fourth-order valence-corrected chi connectivity index (χ4v) is 3.67. The van der Waals surface area contributed by atoms with E-state index in [1.54, 1.807) is 0 Å². The molecule has 2 N–H and O–H groups in total. The van der Waals surface area contributed by atoms with E-state index in [0.29, 0.717) is 17.7 Å². The Morgan fingerprint density at radius 1 is 1.42 bits per heavy atom. The van der Waals surface area contributed by atoms with Gasteiger partial charge in [-0.05, 0) is 26.8 Å². The van der Waals surface area contributed by atoms with Crippen molar-refractivity contribution in [1.29, 1.82) is 0 Å². The fourth-order valence-electron chi connectivity index (χ4n) is 2.53. The van der Waals surface area contributed by atoms with Gasteiger partial charge in [-0.2, -0.15) is 0 Å². The SMILES string of the molecule is CC1CC(NC(=O)N2CSC[C@H]2C(=O)O)CCN1C. The number of thioether (sulfide) groups is 1. The van der Waals surface area contributed by atoms with Crippen molar-refractivity contribution in [1.82, 2.24) is 15.1 Å². The minimum Gasteiger partial charge on any atom is -0.480 e. The Labute approximate surface area is 117 Å². The lowest BCUT2D eigenvalue weighted by molar-refractivity contribution is -0.140. The molecular formula is C12H21N3O3S. The number of carboxylic acid groups (broad SMARTS) is 1. The predicted molar refractivity (Wildman–Crippen MR) is 74.2 cm³/mol. The van der Waals surface area contributed by atoms with Crippen LogP contribution in [0.5, 0.6) is 0 Å². The third-order valence-corrected chi connectivity index (χ3v) is 4.98. The van der Waals surface area contributed by atoms with E-state index in [2.05, 4.69) is 24.2 Å². The maximum Gasteiger partial charge on any atom is 0.327 e. The summed E-state index contributed by atoms with van der Waals surface area (Å²) in [5.74, 6) is 0.0225. The average Bonchev–Trinajstić information content (AvgIpc) is 2.83. The lowest BCUT2D eigenvalue weighted by Crippen LogP contribution is -2.53. The van der Waals surface area contributed by atoms with Gasteiger partial charge in [-0.25, -0.2) is 9.59 Å². The van der Waals surface area contributed by atoms with Gasteiger partial charge in [0.1, 0.15) is 6.04 Å². The second-order valence-corrected chi connectivity index (χ2v) is 6.32. The molecule has 6 nitrogen and oxygen atoms in total. The van der Waals surface area contributed by atoms with Crippen LogP contribution in [0.4, 0.5) is 4.79 Å². The lowest BCUT2D eigenvalue weighted by atomic mass is 9.99. The molecule has 0 aromatic heterocycles. The fraction of sp³-hybridized carbons (Fsp3) is 0.833. The molecule has 2 amide bonds. The van der Waals surface area contributed by atoms with Gasteiger partial charge in [-0.15, -0.1) is 11.8 Å². The topological polar surface area (TPSA) is 72.9 Å². The first-order chi connectivity index (χ1) is 8.99. The molecule has 7 heteroatoms. The van der Waals surface area contributed by atoms with E-state index in [1.165, 1.54) is 16.7 Å². The van der Waals surface area contributed by atoms with E-state index in [-0.39, 0.29) is 12.1 Å². The summed E-state index contributed by atoms with van der Waals surface area (Å²) in [6.07, 6.45) is 1.84. The third-order valence-electron chi connectivity index (χ3n) is 3.96. The zero-order valence-corrected chi connectivity index (χ0v) is 12.2. The number of carbonyl (C=O) groups excluding carboxylic acids is 1. The first-order valence-electron chi connectivity index (χ1n) is 6.57. The third kappa shape index (κ3) is 3.33. The summed E-state index contributed by atoms with van der Waals surface area (Å²) in [4.78, 5) is 26.9. The van der Waals surface area contributed by atoms with Crippen molar-refractivity contribution in [2.24, 2.45) is 0 Å². The number of amides is 2. The number of rotatable bonds is 2. The van der Waals surface area contributed by atoms with Crippen molar-refractivity contribution in [3.8, 4) is 0 Å². The van der Waals surface area contributed by atoms with Gasteiger partial charge in [0.15, 0.2) is 0 Å². The van der Waals surface area contributed by atoms with Crippen molar-refractivity contribution >= 4 is 23.8 Å². The summed E-state index contributed by atoms with van der Waals surface area (Å²) < 4.78 is 0. The van der Waals surface area contributed by atoms with E-state index in [9.17, 15) is 9.59 Å². The maximum absolute atomic E-state index is 12.1. The summed E-state index contributed by atoms with van der Waals surface area (Å²) in [5.41, 5.74) is 0. The van der Waals surface area contributed by atoms with E-state index in [0.717, 1.165) is 19.4 Å². The summed E-state index contributed by atoms with van der Waals surface area (Å²) >= 11 is 1.49. The molecule has 0 bridgehead atoms. The smallest absolute Gasteiger partial charge is 0.327 e. The molecule has 0 aliphatic carbocycles. The predicted octanol–water partition coefficient (Wildman–Crippen LogP) is 0.638. The van der Waals surface area contributed by atoms with Crippen LogP contribution in [-0.4, -0.2) is 70.3 Å². The molecule has 2 unspecified atom stereocenters. The van der Waals surface area contributed by atoms with Gasteiger partial charge in [0.05, 0.1) is 5.88 Å². The number of piperidine rings is 1. The van der Waals surface area contributed by atoms with Crippen LogP contribution < -0.4 is 5.32 Å². The molecule has 19 heavy (non-hydrogen) atoms. The van der Waals surface area contributed by atoms with Crippen LogP contribution in [0.1, 0.15) is 19.8 Å². The van der Waals surface area contributed by atoms with Gasteiger partial charge in [0, 0.05) is 24.4 Å². The monoisotopic (exact) mass is 287 g/mol. The minimum absolute atomic E-state index is 0.152. The Morgan fingerprint density at radius 2 is 2.16 bits per heavy atom. The standard InChI is InChI=1S/C12H21N3O3S/c1-8-5-9(3-4-14(8)2)13-12(18)15-7-19-6-10(15)11(16)17/h8-10H,3-7H2,1-2H3,(H,13,18)(H,16,17)/t8?,9?,10-/m0/s1. The highest BCUT2D eigenvalue weighted by molar-refractivity contribution is 7.99. The number of hydrogen-bond acceptors (Lipinski definition) is 4. The zero-order valence-electron chi connectivity index (χ0n) is 11.3. The summed E-state index contributed by atoms with van der Waals surface area (Å²) in [5, 5.41) is 12.1. The van der Waals surface area contributed by atoms with Crippen LogP contribution >= 0.6 is 11.8 Å². The Balaban J connectivity index is 1.89. The highest BCUT2D eigenvalue weighted by Crippen LogP contribution is 2.22. The minimum atomic E-state index is -0.920. The zero-order chi connectivity index (χ0) is 14.0. The van der Waals surface area contributed by atoms with Crippen LogP contribution in [0.15, 0.2) is 0 Å². The first-order valence-corrected chi connectivity index (χ1v) is 7.72. The molecular weight excluding hydrogens is 266 g/mol. The van der Waals surface area contributed by atoms with Crippen LogP contribution in [-0.2, 0) is 4.79 Å². The molecule has 0 aromatic carbocycles. The molecule has 2 fully saturated rings. The average molecular weight is 287 g/mol. The second-order valence-electron chi connectivity index (χ2n) is 5.32. The molecule has 2 heterocycles. The van der Waals surface area contributed by atoms with E-state index < -0.39 is 12.0 Å². The van der Waals surface area contributed by atoms with Crippen molar-refractivity contribution < 1.29 is 14.7 Å². The molecule has 2 aliphatic rings. The Hall–Kier alpha value is -0.950. The summed E-state index contributed by atoms with van der Waals surface area (Å²) in [7, 11) is 2.08. The number of carboxylic acids is 1. The molecule has 0 saturated carbocycles. The van der Waals surface area contributed by atoms with Crippen LogP contribution in [0, 0.1) is 0 Å². The van der Waals surface area contributed by atoms with Gasteiger partial charge in [0.25, 0.3) is 0 Å². The number of urea groups is 1. The first kappa shape index (κ1) is 14.5. The van der Waals surface area contributed by atoms with Crippen molar-refractivity contribution in [2.45, 2.75) is 37.9 Å². The largest absolute Gasteiger partial charge is 0.480 e. The van der Waals surface area contributed by atoms with E-state index in [4.69, 9.17) is 5.11 Å². The molecule has 3 atom stereocenters. The van der Waals surface area contributed by atoms with Gasteiger partial charge < -0.3 is 20.2 Å². The molecule has 2 aliphatic heterocycles. The number of hydrogen-bond donors (Lipinski definition) is 2. The van der Waals surface area contributed by atoms with Gasteiger partial charge in [-0.1, -0.05) is 0 Å². The summed E-state index contributed by atoms with van der Waals surface area (Å²) in [6, 6.07) is -0.325. The molecule has 0 spiro atoms. The van der Waals surface area contributed by atoms with Gasteiger partial charge in [0.2, 0.25) is 0 Å². The number of nitrogens with one attached hydrogen (secondary N) is 1. The Kier molecular flexibility index (Phi) is 4.57. The number of likely N-dealkylation sites (tertiary alicyclic amines) is 1. The number of carbonyl (C=O) groups is 2. The Bertz CT molecular complexity index is 366. The highest BCUT2D eigenvalue weighted by atomic mass is 32.2. The quantitative estimate of drug-likeness (QED) is 0.780. The van der Waals surface area contributed by atoms with Crippen LogP contribution in [0.25, 0.3) is 0 Å².